The van der Waals surface area contributed by atoms with Crippen molar-refractivity contribution < 1.29 is 22.4 Å². The predicted octanol–water partition coefficient (Wildman–Crippen LogP) is 4.76. The van der Waals surface area contributed by atoms with Gasteiger partial charge < -0.3 is 10.2 Å². The molecule has 7 nitrogen and oxygen atoms in total. The van der Waals surface area contributed by atoms with Gasteiger partial charge in [-0.15, -0.1) is 0 Å². The summed E-state index contributed by atoms with van der Waals surface area (Å²) in [4.78, 5) is 29.0. The third kappa shape index (κ3) is 8.39. The van der Waals surface area contributed by atoms with Crippen molar-refractivity contribution in [3.63, 3.8) is 0 Å². The zero-order valence-corrected chi connectivity index (χ0v) is 24.4. The van der Waals surface area contributed by atoms with Gasteiger partial charge in [-0.25, -0.2) is 12.8 Å². The summed E-state index contributed by atoms with van der Waals surface area (Å²) in [5.74, 6) is -1.29. The number of benzene rings is 3. The molecule has 0 bridgehead atoms. The van der Waals surface area contributed by atoms with E-state index >= 15 is 0 Å². The Labute approximate surface area is 237 Å². The zero-order chi connectivity index (χ0) is 29.3. The van der Waals surface area contributed by atoms with Gasteiger partial charge in [-0.1, -0.05) is 67.9 Å². The molecular formula is C31H38FN3O4S. The summed E-state index contributed by atoms with van der Waals surface area (Å²) >= 11 is 0. The molecule has 3 aromatic carbocycles. The third-order valence-corrected chi connectivity index (χ3v) is 8.02. The van der Waals surface area contributed by atoms with Crippen molar-refractivity contribution in [2.24, 2.45) is 0 Å². The number of sulfonamides is 1. The van der Waals surface area contributed by atoms with Crippen LogP contribution in [0.5, 0.6) is 0 Å². The first-order valence-corrected chi connectivity index (χ1v) is 15.3. The van der Waals surface area contributed by atoms with Crippen molar-refractivity contribution in [1.82, 2.24) is 10.2 Å². The smallest absolute Gasteiger partial charge is 0.244 e. The van der Waals surface area contributed by atoms with E-state index in [1.165, 1.54) is 17.0 Å². The first kappa shape index (κ1) is 30.8. The Morgan fingerprint density at radius 1 is 0.925 bits per heavy atom. The fourth-order valence-electron chi connectivity index (χ4n) is 4.45. The van der Waals surface area contributed by atoms with Crippen molar-refractivity contribution in [3.8, 4) is 0 Å². The monoisotopic (exact) mass is 567 g/mol. The number of rotatable bonds is 13. The van der Waals surface area contributed by atoms with Gasteiger partial charge in [0.25, 0.3) is 0 Å². The van der Waals surface area contributed by atoms with Crippen LogP contribution in [0.1, 0.15) is 42.0 Å². The summed E-state index contributed by atoms with van der Waals surface area (Å²) in [6, 6.07) is 19.4. The Balaban J connectivity index is 2.05. The Bertz CT molecular complexity index is 1400. The minimum Gasteiger partial charge on any atom is -0.354 e. The minimum atomic E-state index is -3.85. The molecule has 0 aliphatic heterocycles. The summed E-state index contributed by atoms with van der Waals surface area (Å²) < 4.78 is 40.7. The highest BCUT2D eigenvalue weighted by molar-refractivity contribution is 7.92. The number of unbranched alkanes of at least 4 members (excludes halogenated alkanes) is 1. The number of nitrogens with zero attached hydrogens (tertiary/aromatic N) is 2. The van der Waals surface area contributed by atoms with E-state index in [2.05, 4.69) is 5.32 Å². The van der Waals surface area contributed by atoms with Crippen LogP contribution in [0.3, 0.4) is 0 Å². The Kier molecular flexibility index (Phi) is 10.8. The number of amides is 2. The fraction of sp³-hybridized carbons (Fsp3) is 0.355. The lowest BCUT2D eigenvalue weighted by atomic mass is 10.0. The van der Waals surface area contributed by atoms with Crippen molar-refractivity contribution in [3.05, 3.63) is 101 Å². The highest BCUT2D eigenvalue weighted by atomic mass is 32.2. The Morgan fingerprint density at radius 2 is 1.60 bits per heavy atom. The number of anilines is 1. The molecule has 0 saturated heterocycles. The highest BCUT2D eigenvalue weighted by Crippen LogP contribution is 2.26. The molecule has 1 atom stereocenters. The summed E-state index contributed by atoms with van der Waals surface area (Å²) in [5, 5.41) is 2.94. The maximum atomic E-state index is 14.1. The number of hydrogen-bond donors (Lipinski definition) is 1. The number of carbonyl (C=O) groups excluding carboxylic acids is 2. The van der Waals surface area contributed by atoms with E-state index < -0.39 is 34.3 Å². The number of nitrogens with one attached hydrogen (secondary N) is 1. The van der Waals surface area contributed by atoms with E-state index in [0.29, 0.717) is 17.8 Å². The quantitative estimate of drug-likeness (QED) is 0.302. The maximum Gasteiger partial charge on any atom is 0.244 e. The van der Waals surface area contributed by atoms with Crippen LogP contribution in [0, 0.1) is 19.7 Å². The van der Waals surface area contributed by atoms with Gasteiger partial charge in [0.15, 0.2) is 0 Å². The number of halogens is 1. The van der Waals surface area contributed by atoms with Gasteiger partial charge in [0.2, 0.25) is 21.8 Å². The molecule has 0 saturated carbocycles. The van der Waals surface area contributed by atoms with Crippen LogP contribution in [-0.4, -0.2) is 50.5 Å². The van der Waals surface area contributed by atoms with Crippen LogP contribution in [0.25, 0.3) is 0 Å². The largest absolute Gasteiger partial charge is 0.354 e. The Hall–Kier alpha value is -3.72. The summed E-state index contributed by atoms with van der Waals surface area (Å²) in [6.45, 7) is 5.67. The van der Waals surface area contributed by atoms with E-state index in [1.54, 1.807) is 24.3 Å². The molecule has 0 aromatic heterocycles. The van der Waals surface area contributed by atoms with Gasteiger partial charge in [-0.2, -0.15) is 0 Å². The second-order valence-corrected chi connectivity index (χ2v) is 11.9. The van der Waals surface area contributed by atoms with E-state index in [0.717, 1.165) is 40.1 Å². The summed E-state index contributed by atoms with van der Waals surface area (Å²) in [7, 11) is -3.85. The van der Waals surface area contributed by atoms with Crippen LogP contribution in [0.15, 0.2) is 72.8 Å². The van der Waals surface area contributed by atoms with Gasteiger partial charge in [-0.3, -0.25) is 13.9 Å². The second kappa shape index (κ2) is 14.1. The number of hydrogen-bond acceptors (Lipinski definition) is 4. The highest BCUT2D eigenvalue weighted by Gasteiger charge is 2.33. The molecule has 40 heavy (non-hydrogen) atoms. The third-order valence-electron chi connectivity index (χ3n) is 6.89. The molecule has 0 heterocycles. The van der Waals surface area contributed by atoms with Gasteiger partial charge in [0, 0.05) is 19.5 Å². The Morgan fingerprint density at radius 3 is 2.23 bits per heavy atom. The maximum absolute atomic E-state index is 14.1. The lowest BCUT2D eigenvalue weighted by molar-refractivity contribution is -0.140. The molecule has 3 aromatic rings. The topological polar surface area (TPSA) is 86.8 Å². The number of aryl methyl sites for hydroxylation is 1. The predicted molar refractivity (Wildman–Crippen MR) is 157 cm³/mol. The first-order chi connectivity index (χ1) is 19.0. The van der Waals surface area contributed by atoms with Crippen LogP contribution in [0.4, 0.5) is 10.1 Å². The van der Waals surface area contributed by atoms with Gasteiger partial charge >= 0.3 is 0 Å². The molecule has 9 heteroatoms. The molecule has 3 rings (SSSR count). The van der Waals surface area contributed by atoms with E-state index in [9.17, 15) is 22.4 Å². The molecule has 2 amide bonds. The van der Waals surface area contributed by atoms with E-state index in [4.69, 9.17) is 0 Å². The number of carbonyl (C=O) groups is 2. The molecular weight excluding hydrogens is 529 g/mol. The van der Waals surface area contributed by atoms with Crippen molar-refractivity contribution in [2.45, 2.75) is 52.6 Å². The lowest BCUT2D eigenvalue weighted by Gasteiger charge is -2.34. The van der Waals surface area contributed by atoms with Crippen molar-refractivity contribution in [1.29, 1.82) is 0 Å². The summed E-state index contributed by atoms with van der Waals surface area (Å²) in [6.07, 6.45) is 2.96. The average Bonchev–Trinajstić information content (AvgIpc) is 2.92. The van der Waals surface area contributed by atoms with Crippen LogP contribution >= 0.6 is 0 Å². The van der Waals surface area contributed by atoms with Crippen molar-refractivity contribution >= 4 is 27.5 Å². The molecule has 0 aliphatic carbocycles. The van der Waals surface area contributed by atoms with Gasteiger partial charge in [-0.05, 0) is 60.7 Å². The van der Waals surface area contributed by atoms with Crippen LogP contribution in [-0.2, 0) is 32.6 Å². The molecule has 214 valence electrons. The SMILES string of the molecule is CCCCNC(=O)C(Cc1ccccc1)N(Cc1ccc(F)cc1)C(=O)CN(c1cccc(C)c1C)S(C)(=O)=O. The van der Waals surface area contributed by atoms with E-state index in [-0.39, 0.29) is 18.9 Å². The standard InChI is InChI=1S/C31H38FN3O4S/c1-5-6-19-33-31(37)29(20-25-12-8-7-9-13-25)34(21-26-15-17-27(32)18-16-26)30(36)22-35(40(4,38)39)28-14-10-11-23(2)24(28)3/h7-18,29H,5-6,19-22H2,1-4H3,(H,33,37). The second-order valence-electron chi connectivity index (χ2n) is 9.99. The molecule has 0 fully saturated rings. The van der Waals surface area contributed by atoms with Gasteiger partial charge in [0.05, 0.1) is 11.9 Å². The fourth-order valence-corrected chi connectivity index (χ4v) is 5.35. The zero-order valence-electron chi connectivity index (χ0n) is 23.6. The van der Waals surface area contributed by atoms with Gasteiger partial charge in [0.1, 0.15) is 18.4 Å². The molecule has 0 aliphatic rings. The van der Waals surface area contributed by atoms with Crippen LogP contribution < -0.4 is 9.62 Å². The van der Waals surface area contributed by atoms with E-state index in [1.807, 2.05) is 57.2 Å². The molecule has 0 radical (unpaired) electrons. The minimum absolute atomic E-state index is 0.00220. The molecule has 0 spiro atoms. The first-order valence-electron chi connectivity index (χ1n) is 13.4. The van der Waals surface area contributed by atoms with Crippen molar-refractivity contribution in [2.75, 3.05) is 23.7 Å². The molecule has 1 unspecified atom stereocenters. The lowest BCUT2D eigenvalue weighted by Crippen LogP contribution is -2.53. The average molecular weight is 568 g/mol. The summed E-state index contributed by atoms with van der Waals surface area (Å²) in [5.41, 5.74) is 3.50. The van der Waals surface area contributed by atoms with Crippen LogP contribution in [0.2, 0.25) is 0 Å². The normalized spacial score (nSPS) is 12.0. The molecule has 1 N–H and O–H groups in total.